The maximum atomic E-state index is 11.3. The monoisotopic (exact) mass is 385 g/mol. The first-order valence-corrected chi connectivity index (χ1v) is 9.35. The van der Waals surface area contributed by atoms with Crippen LogP contribution in [0.2, 0.25) is 0 Å². The summed E-state index contributed by atoms with van der Waals surface area (Å²) in [5, 5.41) is 2.19. The summed E-state index contributed by atoms with van der Waals surface area (Å²) in [7, 11) is 3.53. The van der Waals surface area contributed by atoms with Gasteiger partial charge in [-0.3, -0.25) is 9.59 Å². The van der Waals surface area contributed by atoms with Crippen LogP contribution in [0.25, 0.3) is 6.08 Å². The molecular formula is C20H23N3O3S. The molecule has 0 saturated carbocycles. The molecule has 2 rings (SSSR count). The van der Waals surface area contributed by atoms with Crippen molar-refractivity contribution in [2.75, 3.05) is 32.1 Å². The molecule has 0 radical (unpaired) electrons. The number of carbonyl (C=O) groups excluding carboxylic acids is 2. The second-order valence-electron chi connectivity index (χ2n) is 5.68. The molecule has 0 aliphatic heterocycles. The normalized spacial score (nSPS) is 11.0. The number of allylic oxidation sites excluding steroid dienone is 1. The Balaban J connectivity index is 1.80. The number of carbonyl (C=O) groups is 2. The molecule has 0 bridgehead atoms. The molecule has 1 heterocycles. The van der Waals surface area contributed by atoms with E-state index in [-0.39, 0.29) is 5.24 Å². The van der Waals surface area contributed by atoms with Crippen molar-refractivity contribution in [3.05, 3.63) is 59.1 Å². The number of nitrogens with one attached hydrogen (secondary N) is 1. The molecule has 142 valence electrons. The van der Waals surface area contributed by atoms with Gasteiger partial charge in [-0.1, -0.05) is 18.2 Å². The number of aldehydes is 1. The van der Waals surface area contributed by atoms with Gasteiger partial charge in [0.25, 0.3) is 5.24 Å². The topological polar surface area (TPSA) is 71.5 Å². The first kappa shape index (κ1) is 20.5. The predicted octanol–water partition coefficient (Wildman–Crippen LogP) is 3.60. The molecule has 1 aromatic heterocycles. The highest BCUT2D eigenvalue weighted by Crippen LogP contribution is 2.20. The van der Waals surface area contributed by atoms with E-state index in [1.807, 2.05) is 49.5 Å². The average molecular weight is 385 g/mol. The molecule has 27 heavy (non-hydrogen) atoms. The molecule has 0 unspecified atom stereocenters. The molecule has 0 spiro atoms. The van der Waals surface area contributed by atoms with E-state index in [0.29, 0.717) is 17.8 Å². The molecule has 1 amide bonds. The van der Waals surface area contributed by atoms with Crippen molar-refractivity contribution in [2.24, 2.45) is 0 Å². The van der Waals surface area contributed by atoms with Crippen LogP contribution in [-0.2, 0) is 4.79 Å². The molecule has 0 aliphatic carbocycles. The van der Waals surface area contributed by atoms with Crippen molar-refractivity contribution in [2.45, 2.75) is 6.42 Å². The third-order valence-corrected chi connectivity index (χ3v) is 4.51. The Morgan fingerprint density at radius 3 is 2.67 bits per heavy atom. The smallest absolute Gasteiger partial charge is 0.283 e. The summed E-state index contributed by atoms with van der Waals surface area (Å²) in [6.07, 6.45) is 4.98. The van der Waals surface area contributed by atoms with Gasteiger partial charge in [0.05, 0.1) is 11.5 Å². The number of ether oxygens (including phenoxy) is 1. The quantitative estimate of drug-likeness (QED) is 0.404. The number of amides is 1. The summed E-state index contributed by atoms with van der Waals surface area (Å²) in [6, 6.07) is 13.2. The van der Waals surface area contributed by atoms with Gasteiger partial charge in [0.2, 0.25) is 0 Å². The van der Waals surface area contributed by atoms with Gasteiger partial charge < -0.3 is 15.0 Å². The third-order valence-electron chi connectivity index (χ3n) is 3.67. The van der Waals surface area contributed by atoms with E-state index in [2.05, 4.69) is 15.2 Å². The molecule has 0 saturated heterocycles. The molecule has 1 N–H and O–H groups in total. The fourth-order valence-electron chi connectivity index (χ4n) is 2.26. The molecule has 6 nitrogen and oxygen atoms in total. The number of hydrogen-bond acceptors (Lipinski definition) is 6. The highest BCUT2D eigenvalue weighted by atomic mass is 32.2. The summed E-state index contributed by atoms with van der Waals surface area (Å²) < 4.78 is 5.75. The van der Waals surface area contributed by atoms with Crippen LogP contribution in [0.15, 0.2) is 53.6 Å². The lowest BCUT2D eigenvalue weighted by molar-refractivity contribution is -0.104. The van der Waals surface area contributed by atoms with Gasteiger partial charge >= 0.3 is 0 Å². The first-order chi connectivity index (χ1) is 13.1. The zero-order valence-corrected chi connectivity index (χ0v) is 16.2. The minimum absolute atomic E-state index is 0.274. The van der Waals surface area contributed by atoms with Crippen molar-refractivity contribution in [3.63, 3.8) is 0 Å². The van der Waals surface area contributed by atoms with Gasteiger partial charge in [0.1, 0.15) is 11.6 Å². The summed E-state index contributed by atoms with van der Waals surface area (Å²) in [4.78, 5) is 29.1. The zero-order valence-electron chi connectivity index (χ0n) is 15.4. The van der Waals surface area contributed by atoms with Gasteiger partial charge in [-0.05, 0) is 54.1 Å². The lowest BCUT2D eigenvalue weighted by atomic mass is 10.2. The summed E-state index contributed by atoms with van der Waals surface area (Å²) in [6.45, 7) is 1.44. The lowest BCUT2D eigenvalue weighted by Crippen LogP contribution is -2.21. The average Bonchev–Trinajstić information content (AvgIpc) is 2.72. The molecule has 1 aromatic carbocycles. The van der Waals surface area contributed by atoms with Crippen molar-refractivity contribution in [1.29, 1.82) is 0 Å². The van der Waals surface area contributed by atoms with E-state index in [1.54, 1.807) is 12.3 Å². The van der Waals surface area contributed by atoms with E-state index in [1.165, 1.54) is 7.05 Å². The number of benzene rings is 1. The van der Waals surface area contributed by atoms with Crippen LogP contribution in [-0.4, -0.2) is 43.8 Å². The molecule has 2 aromatic rings. The number of hydrogen-bond donors (Lipinski definition) is 1. The van der Waals surface area contributed by atoms with Crippen LogP contribution in [0.5, 0.6) is 5.75 Å². The maximum Gasteiger partial charge on any atom is 0.283 e. The van der Waals surface area contributed by atoms with Crippen molar-refractivity contribution in [3.8, 4) is 5.75 Å². The predicted molar refractivity (Wildman–Crippen MR) is 110 cm³/mol. The van der Waals surface area contributed by atoms with E-state index in [9.17, 15) is 9.59 Å². The summed E-state index contributed by atoms with van der Waals surface area (Å²) >= 11 is 0.863. The Kier molecular flexibility index (Phi) is 8.38. The Morgan fingerprint density at radius 2 is 2.04 bits per heavy atom. The fourth-order valence-corrected chi connectivity index (χ4v) is 2.82. The molecule has 7 heteroatoms. The summed E-state index contributed by atoms with van der Waals surface area (Å²) in [5.41, 5.74) is 0.829. The first-order valence-electron chi connectivity index (χ1n) is 8.54. The maximum absolute atomic E-state index is 11.3. The largest absolute Gasteiger partial charge is 0.494 e. The standard InChI is InChI=1S/C20H23N3O3S/c1-21-20(25)27-18(15-24)14-16-7-9-17(10-8-16)26-13-5-12-23(2)19-6-3-4-11-22-19/h3-4,6-11,14-15H,5,12-13H2,1-2H3,(H,21,25)/b18-14+. The van der Waals surface area contributed by atoms with Crippen LogP contribution in [0.4, 0.5) is 10.6 Å². The molecule has 0 atom stereocenters. The minimum atomic E-state index is -0.274. The van der Waals surface area contributed by atoms with Gasteiger partial charge in [0.15, 0.2) is 6.29 Å². The van der Waals surface area contributed by atoms with Gasteiger partial charge in [-0.25, -0.2) is 4.98 Å². The van der Waals surface area contributed by atoms with Crippen molar-refractivity contribution in [1.82, 2.24) is 10.3 Å². The van der Waals surface area contributed by atoms with Crippen LogP contribution in [0.1, 0.15) is 12.0 Å². The fraction of sp³-hybridized carbons (Fsp3) is 0.250. The number of anilines is 1. The number of thioether (sulfide) groups is 1. The Bertz CT molecular complexity index is 764. The zero-order chi connectivity index (χ0) is 19.5. The molecule has 0 fully saturated rings. The number of nitrogens with zero attached hydrogens (tertiary/aromatic N) is 2. The molecular weight excluding hydrogens is 362 g/mol. The van der Waals surface area contributed by atoms with Crippen LogP contribution in [0.3, 0.4) is 0 Å². The Labute approximate surface area is 163 Å². The Morgan fingerprint density at radius 1 is 1.26 bits per heavy atom. The second-order valence-corrected chi connectivity index (χ2v) is 6.73. The minimum Gasteiger partial charge on any atom is -0.494 e. The van der Waals surface area contributed by atoms with Crippen molar-refractivity contribution < 1.29 is 14.3 Å². The summed E-state index contributed by atoms with van der Waals surface area (Å²) in [5.74, 6) is 1.70. The van der Waals surface area contributed by atoms with E-state index >= 15 is 0 Å². The van der Waals surface area contributed by atoms with Crippen molar-refractivity contribution >= 4 is 35.2 Å². The lowest BCUT2D eigenvalue weighted by Gasteiger charge is -2.17. The highest BCUT2D eigenvalue weighted by Gasteiger charge is 2.05. The van der Waals surface area contributed by atoms with Crippen LogP contribution >= 0.6 is 11.8 Å². The van der Waals surface area contributed by atoms with Crippen LogP contribution in [0, 0.1) is 0 Å². The third kappa shape index (κ3) is 7.15. The number of rotatable bonds is 9. The van der Waals surface area contributed by atoms with Gasteiger partial charge in [-0.2, -0.15) is 0 Å². The van der Waals surface area contributed by atoms with E-state index in [0.717, 1.165) is 41.9 Å². The SMILES string of the molecule is CNC(=O)S/C(C=O)=C/c1ccc(OCCCN(C)c2ccccn2)cc1. The highest BCUT2D eigenvalue weighted by molar-refractivity contribution is 8.17. The Hall–Kier alpha value is -2.80. The van der Waals surface area contributed by atoms with Crippen LogP contribution < -0.4 is 15.0 Å². The van der Waals surface area contributed by atoms with E-state index < -0.39 is 0 Å². The molecule has 0 aliphatic rings. The number of aromatic nitrogens is 1. The van der Waals surface area contributed by atoms with Gasteiger partial charge in [-0.15, -0.1) is 0 Å². The second kappa shape index (κ2) is 11.0. The van der Waals surface area contributed by atoms with E-state index in [4.69, 9.17) is 4.74 Å². The number of pyridine rings is 1. The van der Waals surface area contributed by atoms with Gasteiger partial charge in [0, 0.05) is 26.8 Å².